The van der Waals surface area contributed by atoms with E-state index in [4.69, 9.17) is 23.2 Å². The van der Waals surface area contributed by atoms with Gasteiger partial charge in [-0.3, -0.25) is 0 Å². The van der Waals surface area contributed by atoms with Crippen molar-refractivity contribution in [3.8, 4) is 0 Å². The summed E-state index contributed by atoms with van der Waals surface area (Å²) in [5.41, 5.74) is 10.8. The Kier molecular flexibility index (Phi) is 4.53. The molecule has 0 saturated heterocycles. The number of allylic oxidation sites excluding steroid dienone is 1. The molecule has 120 valence electrons. The van der Waals surface area contributed by atoms with Gasteiger partial charge in [-0.05, 0) is 49.4 Å². The van der Waals surface area contributed by atoms with E-state index < -0.39 is 0 Å². The summed E-state index contributed by atoms with van der Waals surface area (Å²) in [7, 11) is 0. The van der Waals surface area contributed by atoms with Gasteiger partial charge in [0.2, 0.25) is 0 Å². The Morgan fingerprint density at radius 3 is 2.48 bits per heavy atom. The second-order valence-electron chi connectivity index (χ2n) is 5.51. The second kappa shape index (κ2) is 6.43. The lowest BCUT2D eigenvalue weighted by molar-refractivity contribution is 0.428. The largest absolute Gasteiger partial charge is 0.401 e. The number of rotatable bonds is 1. The van der Waals surface area contributed by atoms with Crippen molar-refractivity contribution < 1.29 is 0 Å². The van der Waals surface area contributed by atoms with Gasteiger partial charge in [0.1, 0.15) is 0 Å². The fourth-order valence-electron chi connectivity index (χ4n) is 2.85. The first kappa shape index (κ1) is 16.2. The van der Waals surface area contributed by atoms with E-state index in [1.54, 1.807) is 5.01 Å². The lowest BCUT2D eigenvalue weighted by Crippen LogP contribution is -2.34. The van der Waals surface area contributed by atoms with Crippen LogP contribution in [0.25, 0.3) is 5.70 Å². The zero-order chi connectivity index (χ0) is 16.6. The van der Waals surface area contributed by atoms with Gasteiger partial charge in [0.25, 0.3) is 0 Å². The van der Waals surface area contributed by atoms with Gasteiger partial charge in [-0.1, -0.05) is 27.5 Å². The molecule has 2 aromatic rings. The van der Waals surface area contributed by atoms with Crippen LogP contribution in [0.1, 0.15) is 12.5 Å². The standard InChI is InChI=1S/C17H18BrClN4/c1-11(20)17-15-7-2-12(18)10-16(15)22(8-9-23(17)21)14-5-3-13(19)4-6-14/h2-7,10H,8-9,20-21H2,1H3/b17-11-. The number of anilines is 2. The molecule has 6 heteroatoms. The Morgan fingerprint density at radius 2 is 1.83 bits per heavy atom. The van der Waals surface area contributed by atoms with Crippen molar-refractivity contribution in [1.29, 1.82) is 0 Å². The molecule has 0 amide bonds. The quantitative estimate of drug-likeness (QED) is 0.717. The summed E-state index contributed by atoms with van der Waals surface area (Å²) in [5, 5.41) is 2.44. The number of benzene rings is 2. The van der Waals surface area contributed by atoms with Gasteiger partial charge in [-0.25, -0.2) is 5.84 Å². The van der Waals surface area contributed by atoms with E-state index in [-0.39, 0.29) is 0 Å². The van der Waals surface area contributed by atoms with E-state index >= 15 is 0 Å². The van der Waals surface area contributed by atoms with Crippen LogP contribution in [-0.4, -0.2) is 18.1 Å². The van der Waals surface area contributed by atoms with E-state index in [9.17, 15) is 0 Å². The van der Waals surface area contributed by atoms with Crippen LogP contribution >= 0.6 is 27.5 Å². The summed E-state index contributed by atoms with van der Waals surface area (Å²) in [6.07, 6.45) is 0. The molecule has 1 aliphatic heterocycles. The fourth-order valence-corrected chi connectivity index (χ4v) is 3.33. The monoisotopic (exact) mass is 392 g/mol. The van der Waals surface area contributed by atoms with Gasteiger partial charge in [0.15, 0.2) is 0 Å². The van der Waals surface area contributed by atoms with Crippen molar-refractivity contribution in [2.75, 3.05) is 18.0 Å². The lowest BCUT2D eigenvalue weighted by Gasteiger charge is -2.25. The number of nitrogens with zero attached hydrogens (tertiary/aromatic N) is 2. The predicted octanol–water partition coefficient (Wildman–Crippen LogP) is 4.08. The number of hydrazine groups is 1. The summed E-state index contributed by atoms with van der Waals surface area (Å²) >= 11 is 9.58. The van der Waals surface area contributed by atoms with Gasteiger partial charge in [0, 0.05) is 33.0 Å². The van der Waals surface area contributed by atoms with Crippen molar-refractivity contribution in [1.82, 2.24) is 5.01 Å². The molecule has 0 aromatic heterocycles. The third-order valence-corrected chi connectivity index (χ3v) is 4.61. The summed E-state index contributed by atoms with van der Waals surface area (Å²) in [5.74, 6) is 6.23. The van der Waals surface area contributed by atoms with E-state index in [0.29, 0.717) is 12.2 Å². The molecule has 0 bridgehead atoms. The highest BCUT2D eigenvalue weighted by Gasteiger charge is 2.24. The van der Waals surface area contributed by atoms with Crippen LogP contribution in [0.4, 0.5) is 11.4 Å². The van der Waals surface area contributed by atoms with Crippen LogP contribution in [0.2, 0.25) is 5.02 Å². The first-order valence-corrected chi connectivity index (χ1v) is 8.46. The smallest absolute Gasteiger partial charge is 0.0795 e. The minimum Gasteiger partial charge on any atom is -0.401 e. The number of hydrogen-bond acceptors (Lipinski definition) is 4. The Hall–Kier alpha value is -1.69. The Bertz CT molecular complexity index is 754. The molecular formula is C17H18BrClN4. The molecule has 23 heavy (non-hydrogen) atoms. The maximum atomic E-state index is 6.23. The number of halogens is 2. The Balaban J connectivity index is 2.20. The Labute approximate surface area is 149 Å². The molecule has 0 aliphatic carbocycles. The average molecular weight is 394 g/mol. The van der Waals surface area contributed by atoms with Crippen LogP contribution in [-0.2, 0) is 0 Å². The lowest BCUT2D eigenvalue weighted by atomic mass is 10.1. The molecule has 2 aromatic carbocycles. The third-order valence-electron chi connectivity index (χ3n) is 3.87. The van der Waals surface area contributed by atoms with Gasteiger partial charge in [0.05, 0.1) is 17.9 Å². The molecule has 0 unspecified atom stereocenters. The number of nitrogens with two attached hydrogens (primary N) is 2. The second-order valence-corrected chi connectivity index (χ2v) is 6.87. The number of hydrogen-bond donors (Lipinski definition) is 2. The van der Waals surface area contributed by atoms with Gasteiger partial charge in [-0.15, -0.1) is 0 Å². The first-order valence-electron chi connectivity index (χ1n) is 7.29. The van der Waals surface area contributed by atoms with E-state index in [0.717, 1.165) is 38.7 Å². The molecule has 1 heterocycles. The molecule has 4 N–H and O–H groups in total. The molecule has 0 atom stereocenters. The van der Waals surface area contributed by atoms with Crippen LogP contribution in [0.3, 0.4) is 0 Å². The Morgan fingerprint density at radius 1 is 1.13 bits per heavy atom. The van der Waals surface area contributed by atoms with Gasteiger partial charge >= 0.3 is 0 Å². The zero-order valence-electron chi connectivity index (χ0n) is 12.8. The summed E-state index contributed by atoms with van der Waals surface area (Å²) in [6.45, 7) is 3.29. The van der Waals surface area contributed by atoms with E-state index in [1.807, 2.05) is 43.3 Å². The molecule has 4 nitrogen and oxygen atoms in total. The summed E-state index contributed by atoms with van der Waals surface area (Å²) < 4.78 is 1.01. The normalized spacial score (nSPS) is 16.9. The molecule has 0 radical (unpaired) electrons. The number of fused-ring (bicyclic) bond motifs is 1. The van der Waals surface area contributed by atoms with Crippen molar-refractivity contribution in [3.05, 3.63) is 63.2 Å². The van der Waals surface area contributed by atoms with Crippen LogP contribution in [0.15, 0.2) is 52.6 Å². The van der Waals surface area contributed by atoms with Crippen molar-refractivity contribution in [2.45, 2.75) is 6.92 Å². The third kappa shape index (κ3) is 3.17. The van der Waals surface area contributed by atoms with Crippen LogP contribution in [0, 0.1) is 0 Å². The highest BCUT2D eigenvalue weighted by Crippen LogP contribution is 2.38. The van der Waals surface area contributed by atoms with Gasteiger partial charge < -0.3 is 15.6 Å². The van der Waals surface area contributed by atoms with Crippen LogP contribution in [0.5, 0.6) is 0 Å². The van der Waals surface area contributed by atoms with Crippen molar-refractivity contribution >= 4 is 44.6 Å². The molecule has 3 rings (SSSR count). The SMILES string of the molecule is C/C(N)=C1\c2ccc(Br)cc2N(c2ccc(Cl)cc2)CCN1N. The van der Waals surface area contributed by atoms with Crippen molar-refractivity contribution in [3.63, 3.8) is 0 Å². The maximum Gasteiger partial charge on any atom is 0.0795 e. The predicted molar refractivity (Wildman–Crippen MR) is 100 cm³/mol. The molecule has 1 aliphatic rings. The fraction of sp³-hybridized carbons (Fsp3) is 0.176. The molecule has 0 fully saturated rings. The topological polar surface area (TPSA) is 58.5 Å². The highest BCUT2D eigenvalue weighted by atomic mass is 79.9. The minimum absolute atomic E-state index is 0.665. The van der Waals surface area contributed by atoms with Gasteiger partial charge in [-0.2, -0.15) is 0 Å². The molecular weight excluding hydrogens is 376 g/mol. The van der Waals surface area contributed by atoms with E-state index in [2.05, 4.69) is 26.9 Å². The minimum atomic E-state index is 0.665. The highest BCUT2D eigenvalue weighted by molar-refractivity contribution is 9.10. The summed E-state index contributed by atoms with van der Waals surface area (Å²) in [6, 6.07) is 13.9. The zero-order valence-corrected chi connectivity index (χ0v) is 15.1. The van der Waals surface area contributed by atoms with E-state index in [1.165, 1.54) is 0 Å². The van der Waals surface area contributed by atoms with Crippen molar-refractivity contribution in [2.24, 2.45) is 11.6 Å². The maximum absolute atomic E-state index is 6.23. The first-order chi connectivity index (χ1) is 11.0. The summed E-state index contributed by atoms with van der Waals surface area (Å²) in [4.78, 5) is 2.23. The molecule has 0 saturated carbocycles. The average Bonchev–Trinajstić information content (AvgIpc) is 2.64. The molecule has 0 spiro atoms. The van der Waals surface area contributed by atoms with Crippen LogP contribution < -0.4 is 16.5 Å².